The summed E-state index contributed by atoms with van der Waals surface area (Å²) < 4.78 is 10.9. The van der Waals surface area contributed by atoms with Crippen LogP contribution in [0.25, 0.3) is 0 Å². The number of hydrogen-bond donors (Lipinski definition) is 1. The number of ether oxygens (including phenoxy) is 2. The molecule has 2 heterocycles. The van der Waals surface area contributed by atoms with Crippen molar-refractivity contribution in [3.63, 3.8) is 0 Å². The zero-order valence-corrected chi connectivity index (χ0v) is 10.5. The predicted octanol–water partition coefficient (Wildman–Crippen LogP) is -1.04. The fourth-order valence-corrected chi connectivity index (χ4v) is 2.07. The highest BCUT2D eigenvalue weighted by Gasteiger charge is 2.18. The van der Waals surface area contributed by atoms with Gasteiger partial charge >= 0.3 is 0 Å². The Hall–Kier alpha value is -0.850. The summed E-state index contributed by atoms with van der Waals surface area (Å²) in [6, 6.07) is 0. The van der Waals surface area contributed by atoms with Gasteiger partial charge in [-0.1, -0.05) is 0 Å². The second kappa shape index (κ2) is 6.18. The molecular weight excluding hydrogens is 220 g/mol. The summed E-state index contributed by atoms with van der Waals surface area (Å²) in [6.07, 6.45) is 0.174. The van der Waals surface area contributed by atoms with Gasteiger partial charge in [-0.2, -0.15) is 0 Å². The molecule has 0 bridgehead atoms. The summed E-state index contributed by atoms with van der Waals surface area (Å²) in [7, 11) is 2.10. The lowest BCUT2D eigenvalue weighted by atomic mass is 10.3. The molecule has 6 heteroatoms. The van der Waals surface area contributed by atoms with E-state index in [-0.39, 0.29) is 6.10 Å². The van der Waals surface area contributed by atoms with Crippen molar-refractivity contribution in [2.45, 2.75) is 6.10 Å². The lowest BCUT2D eigenvalue weighted by Crippen LogP contribution is -2.46. The Morgan fingerprint density at radius 2 is 2.06 bits per heavy atom. The molecule has 0 saturated carbocycles. The third-order valence-electron chi connectivity index (χ3n) is 3.13. The van der Waals surface area contributed by atoms with Crippen LogP contribution in [-0.4, -0.2) is 81.5 Å². The molecule has 0 aromatic rings. The number of hydrogen-bond acceptors (Lipinski definition) is 4. The van der Waals surface area contributed by atoms with Crippen LogP contribution < -0.4 is 5.73 Å². The van der Waals surface area contributed by atoms with Crippen molar-refractivity contribution in [2.75, 3.05) is 59.6 Å². The normalized spacial score (nSPS) is 28.4. The van der Waals surface area contributed by atoms with E-state index in [1.54, 1.807) is 0 Å². The van der Waals surface area contributed by atoms with E-state index in [0.717, 1.165) is 46.0 Å². The minimum absolute atomic E-state index is 0.174. The van der Waals surface area contributed by atoms with E-state index in [1.807, 2.05) is 0 Å². The van der Waals surface area contributed by atoms with Crippen molar-refractivity contribution in [1.82, 2.24) is 9.80 Å². The highest BCUT2D eigenvalue weighted by atomic mass is 16.5. The SMILES string of the molecule is CN1CCOC(CN=C(N)N2CCOCC2)C1. The fraction of sp³-hybridized carbons (Fsp3) is 0.909. The molecule has 6 nitrogen and oxygen atoms in total. The van der Waals surface area contributed by atoms with Crippen molar-refractivity contribution < 1.29 is 9.47 Å². The minimum Gasteiger partial charge on any atom is -0.378 e. The maximum absolute atomic E-state index is 5.95. The number of guanidine groups is 1. The number of likely N-dealkylation sites (N-methyl/N-ethyl adjacent to an activating group) is 1. The molecule has 0 radical (unpaired) electrons. The van der Waals surface area contributed by atoms with Crippen molar-refractivity contribution in [3.8, 4) is 0 Å². The topological polar surface area (TPSA) is 63.3 Å². The van der Waals surface area contributed by atoms with Crippen molar-refractivity contribution >= 4 is 5.96 Å². The van der Waals surface area contributed by atoms with E-state index < -0.39 is 0 Å². The Morgan fingerprint density at radius 3 is 2.76 bits per heavy atom. The summed E-state index contributed by atoms with van der Waals surface area (Å²) in [5, 5.41) is 0. The number of nitrogens with two attached hydrogens (primary N) is 1. The highest BCUT2D eigenvalue weighted by molar-refractivity contribution is 5.78. The van der Waals surface area contributed by atoms with Crippen LogP contribution in [0.5, 0.6) is 0 Å². The van der Waals surface area contributed by atoms with Gasteiger partial charge in [-0.25, -0.2) is 0 Å². The van der Waals surface area contributed by atoms with E-state index in [1.165, 1.54) is 0 Å². The molecule has 2 aliphatic heterocycles. The molecule has 2 saturated heterocycles. The Labute approximate surface area is 102 Å². The molecule has 2 aliphatic rings. The lowest BCUT2D eigenvalue weighted by Gasteiger charge is -2.30. The summed E-state index contributed by atoms with van der Waals surface area (Å²) in [6.45, 7) is 6.50. The first kappa shape index (κ1) is 12.6. The number of nitrogens with zero attached hydrogens (tertiary/aromatic N) is 3. The van der Waals surface area contributed by atoms with Gasteiger partial charge in [-0.05, 0) is 7.05 Å². The number of aliphatic imine (C=N–C) groups is 1. The molecule has 17 heavy (non-hydrogen) atoms. The Balaban J connectivity index is 1.78. The molecule has 98 valence electrons. The second-order valence-corrected chi connectivity index (χ2v) is 4.55. The van der Waals surface area contributed by atoms with Gasteiger partial charge < -0.3 is 25.0 Å². The monoisotopic (exact) mass is 242 g/mol. The summed E-state index contributed by atoms with van der Waals surface area (Å²) in [5.74, 6) is 0.616. The van der Waals surface area contributed by atoms with Gasteiger partial charge in [0.05, 0.1) is 32.5 Å². The Bertz CT molecular complexity index is 266. The van der Waals surface area contributed by atoms with Crippen LogP contribution in [0.1, 0.15) is 0 Å². The molecule has 0 aromatic carbocycles. The van der Waals surface area contributed by atoms with Crippen molar-refractivity contribution in [2.24, 2.45) is 10.7 Å². The van der Waals surface area contributed by atoms with E-state index in [9.17, 15) is 0 Å². The van der Waals surface area contributed by atoms with Gasteiger partial charge in [0.1, 0.15) is 0 Å². The summed E-state index contributed by atoms with van der Waals surface area (Å²) in [5.41, 5.74) is 5.95. The maximum Gasteiger partial charge on any atom is 0.191 e. The average Bonchev–Trinajstić information content (AvgIpc) is 2.37. The van der Waals surface area contributed by atoms with Crippen molar-refractivity contribution in [1.29, 1.82) is 0 Å². The quantitative estimate of drug-likeness (QED) is 0.495. The van der Waals surface area contributed by atoms with Crippen LogP contribution in [-0.2, 0) is 9.47 Å². The van der Waals surface area contributed by atoms with Gasteiger partial charge in [0.2, 0.25) is 0 Å². The first-order valence-electron chi connectivity index (χ1n) is 6.18. The van der Waals surface area contributed by atoms with Gasteiger partial charge in [-0.15, -0.1) is 0 Å². The van der Waals surface area contributed by atoms with Gasteiger partial charge in [-0.3, -0.25) is 4.99 Å². The molecule has 2 N–H and O–H groups in total. The van der Waals surface area contributed by atoms with Crippen LogP contribution in [0.2, 0.25) is 0 Å². The minimum atomic E-state index is 0.174. The van der Waals surface area contributed by atoms with E-state index in [2.05, 4.69) is 21.8 Å². The molecule has 0 spiro atoms. The largest absolute Gasteiger partial charge is 0.378 e. The lowest BCUT2D eigenvalue weighted by molar-refractivity contribution is -0.0138. The molecule has 1 unspecified atom stereocenters. The molecule has 1 atom stereocenters. The summed E-state index contributed by atoms with van der Waals surface area (Å²) >= 11 is 0. The van der Waals surface area contributed by atoms with Crippen LogP contribution in [0, 0.1) is 0 Å². The van der Waals surface area contributed by atoms with Crippen molar-refractivity contribution in [3.05, 3.63) is 0 Å². The number of morpholine rings is 2. The third kappa shape index (κ3) is 3.83. The maximum atomic E-state index is 5.95. The van der Waals surface area contributed by atoms with Crippen LogP contribution >= 0.6 is 0 Å². The van der Waals surface area contributed by atoms with E-state index in [0.29, 0.717) is 12.5 Å². The zero-order chi connectivity index (χ0) is 12.1. The molecule has 2 rings (SSSR count). The first-order chi connectivity index (χ1) is 8.25. The highest BCUT2D eigenvalue weighted by Crippen LogP contribution is 2.04. The average molecular weight is 242 g/mol. The molecule has 2 fully saturated rings. The molecular formula is C11H22N4O2. The molecule has 0 amide bonds. The number of rotatable bonds is 2. The fourth-order valence-electron chi connectivity index (χ4n) is 2.07. The summed E-state index contributed by atoms with van der Waals surface area (Å²) in [4.78, 5) is 8.74. The Morgan fingerprint density at radius 1 is 1.29 bits per heavy atom. The van der Waals surface area contributed by atoms with Crippen LogP contribution in [0.15, 0.2) is 4.99 Å². The third-order valence-corrected chi connectivity index (χ3v) is 3.13. The van der Waals surface area contributed by atoms with Gasteiger partial charge in [0, 0.05) is 26.2 Å². The van der Waals surface area contributed by atoms with Gasteiger partial charge in [0.15, 0.2) is 5.96 Å². The zero-order valence-electron chi connectivity index (χ0n) is 10.5. The van der Waals surface area contributed by atoms with Crippen LogP contribution in [0.3, 0.4) is 0 Å². The predicted molar refractivity (Wildman–Crippen MR) is 66.1 cm³/mol. The Kier molecular flexibility index (Phi) is 4.58. The van der Waals surface area contributed by atoms with E-state index >= 15 is 0 Å². The molecule has 0 aliphatic carbocycles. The standard InChI is InChI=1S/C11H22N4O2/c1-14-2-7-17-10(9-14)8-13-11(12)15-3-5-16-6-4-15/h10H,2-9H2,1H3,(H2,12,13). The second-order valence-electron chi connectivity index (χ2n) is 4.55. The molecule has 0 aromatic heterocycles. The van der Waals surface area contributed by atoms with Gasteiger partial charge in [0.25, 0.3) is 0 Å². The van der Waals surface area contributed by atoms with Crippen LogP contribution in [0.4, 0.5) is 0 Å². The van der Waals surface area contributed by atoms with E-state index in [4.69, 9.17) is 15.2 Å². The first-order valence-corrected chi connectivity index (χ1v) is 6.18. The smallest absolute Gasteiger partial charge is 0.191 e.